The number of carbonyl (C=O) groups is 1. The topological polar surface area (TPSA) is 95.6 Å². The minimum absolute atomic E-state index is 0.00847. The predicted molar refractivity (Wildman–Crippen MR) is 94.4 cm³/mol. The summed E-state index contributed by atoms with van der Waals surface area (Å²) in [6, 6.07) is 4.86. The van der Waals surface area contributed by atoms with E-state index in [1.807, 2.05) is 13.0 Å². The Kier molecular flexibility index (Phi) is 4.10. The number of hydrogen-bond acceptors (Lipinski definition) is 3. The zero-order chi connectivity index (χ0) is 18.3. The van der Waals surface area contributed by atoms with Crippen molar-refractivity contribution < 1.29 is 9.18 Å². The lowest BCUT2D eigenvalue weighted by Gasteiger charge is -2.16. The molecule has 1 amide bonds. The molecule has 0 saturated carbocycles. The second-order valence-electron chi connectivity index (χ2n) is 6.76. The van der Waals surface area contributed by atoms with Crippen molar-refractivity contribution in [3.05, 3.63) is 51.6 Å². The number of aromatic nitrogens is 4. The van der Waals surface area contributed by atoms with Crippen LogP contribution >= 0.6 is 0 Å². The summed E-state index contributed by atoms with van der Waals surface area (Å²) in [6.45, 7) is 2.38. The normalized spacial score (nSPS) is 17.1. The number of carbonyl (C=O) groups excluding carboxylic acids is 1. The molecular weight excluding hydrogens is 337 g/mol. The van der Waals surface area contributed by atoms with Gasteiger partial charge in [-0.2, -0.15) is 5.10 Å². The molecule has 0 fully saturated rings. The van der Waals surface area contributed by atoms with Crippen LogP contribution in [0, 0.1) is 12.7 Å². The van der Waals surface area contributed by atoms with Gasteiger partial charge in [-0.05, 0) is 31.4 Å². The van der Waals surface area contributed by atoms with Gasteiger partial charge in [0, 0.05) is 30.1 Å². The second kappa shape index (κ2) is 6.44. The van der Waals surface area contributed by atoms with Gasteiger partial charge in [0.1, 0.15) is 11.6 Å². The molecule has 3 heterocycles. The SMILES string of the molecule is Cc1[nH]c2c(F)cccc2c1CC(=O)NC1CCc2n[nH]c(=O)n2CC1. The zero-order valence-electron chi connectivity index (χ0n) is 14.4. The number of para-hydroxylation sites is 1. The predicted octanol–water partition coefficient (Wildman–Crippen LogP) is 1.56. The van der Waals surface area contributed by atoms with Crippen LogP contribution in [0.25, 0.3) is 10.9 Å². The Morgan fingerprint density at radius 1 is 1.42 bits per heavy atom. The lowest BCUT2D eigenvalue weighted by Crippen LogP contribution is -2.36. The van der Waals surface area contributed by atoms with Crippen LogP contribution in [0.3, 0.4) is 0 Å². The van der Waals surface area contributed by atoms with Gasteiger partial charge in [-0.1, -0.05) is 12.1 Å². The summed E-state index contributed by atoms with van der Waals surface area (Å²) in [5.74, 6) is 0.312. The van der Waals surface area contributed by atoms with E-state index in [4.69, 9.17) is 0 Å². The summed E-state index contributed by atoms with van der Waals surface area (Å²) in [5.41, 5.74) is 1.85. The lowest BCUT2D eigenvalue weighted by atomic mass is 10.1. The Balaban J connectivity index is 1.46. The van der Waals surface area contributed by atoms with Crippen LogP contribution in [-0.4, -0.2) is 31.7 Å². The first-order chi connectivity index (χ1) is 12.5. The van der Waals surface area contributed by atoms with E-state index in [-0.39, 0.29) is 29.9 Å². The molecule has 0 aliphatic carbocycles. The number of halogens is 1. The third-order valence-electron chi connectivity index (χ3n) is 5.06. The zero-order valence-corrected chi connectivity index (χ0v) is 14.4. The number of H-pyrrole nitrogens is 2. The van der Waals surface area contributed by atoms with Crippen molar-refractivity contribution >= 4 is 16.8 Å². The van der Waals surface area contributed by atoms with Crippen molar-refractivity contribution in [2.45, 2.75) is 45.2 Å². The van der Waals surface area contributed by atoms with E-state index in [1.165, 1.54) is 6.07 Å². The quantitative estimate of drug-likeness (QED) is 0.664. The number of amides is 1. The molecule has 1 aliphatic rings. The number of hydrogen-bond donors (Lipinski definition) is 3. The molecule has 1 atom stereocenters. The fraction of sp³-hybridized carbons (Fsp3) is 0.389. The third-order valence-corrected chi connectivity index (χ3v) is 5.06. The molecule has 1 unspecified atom stereocenters. The maximum absolute atomic E-state index is 13.9. The first kappa shape index (κ1) is 16.6. The largest absolute Gasteiger partial charge is 0.356 e. The minimum atomic E-state index is -0.319. The van der Waals surface area contributed by atoms with Gasteiger partial charge in [0.15, 0.2) is 0 Å². The van der Waals surface area contributed by atoms with E-state index in [0.29, 0.717) is 24.9 Å². The third kappa shape index (κ3) is 2.91. The van der Waals surface area contributed by atoms with Gasteiger partial charge in [-0.25, -0.2) is 14.3 Å². The molecule has 3 aromatic rings. The summed E-state index contributed by atoms with van der Waals surface area (Å²) < 4.78 is 15.5. The van der Waals surface area contributed by atoms with Crippen LogP contribution in [0.5, 0.6) is 0 Å². The van der Waals surface area contributed by atoms with Gasteiger partial charge in [-0.15, -0.1) is 0 Å². The summed E-state index contributed by atoms with van der Waals surface area (Å²) >= 11 is 0. The molecule has 26 heavy (non-hydrogen) atoms. The highest BCUT2D eigenvalue weighted by molar-refractivity contribution is 5.90. The van der Waals surface area contributed by atoms with Crippen molar-refractivity contribution in [3.8, 4) is 0 Å². The number of aromatic amines is 2. The van der Waals surface area contributed by atoms with Crippen LogP contribution < -0.4 is 11.0 Å². The second-order valence-corrected chi connectivity index (χ2v) is 6.76. The van der Waals surface area contributed by atoms with Crippen molar-refractivity contribution in [2.24, 2.45) is 0 Å². The van der Waals surface area contributed by atoms with E-state index in [2.05, 4.69) is 20.5 Å². The van der Waals surface area contributed by atoms with E-state index in [9.17, 15) is 14.0 Å². The van der Waals surface area contributed by atoms with E-state index < -0.39 is 0 Å². The number of nitrogens with one attached hydrogen (secondary N) is 3. The van der Waals surface area contributed by atoms with Crippen LogP contribution in [-0.2, 0) is 24.2 Å². The Morgan fingerprint density at radius 3 is 3.12 bits per heavy atom. The van der Waals surface area contributed by atoms with Crippen molar-refractivity contribution in [1.82, 2.24) is 25.1 Å². The molecule has 136 valence electrons. The number of aryl methyl sites for hydroxylation is 2. The van der Waals surface area contributed by atoms with Crippen LogP contribution in [0.15, 0.2) is 23.0 Å². The summed E-state index contributed by atoms with van der Waals surface area (Å²) in [7, 11) is 0. The van der Waals surface area contributed by atoms with Crippen LogP contribution in [0.4, 0.5) is 4.39 Å². The highest BCUT2D eigenvalue weighted by Gasteiger charge is 2.21. The first-order valence-electron chi connectivity index (χ1n) is 8.72. The summed E-state index contributed by atoms with van der Waals surface area (Å²) in [6.07, 6.45) is 2.25. The molecule has 4 rings (SSSR count). The summed E-state index contributed by atoms with van der Waals surface area (Å²) in [5, 5.41) is 10.3. The molecule has 8 heteroatoms. The van der Waals surface area contributed by atoms with Crippen molar-refractivity contribution in [3.63, 3.8) is 0 Å². The van der Waals surface area contributed by atoms with Crippen LogP contribution in [0.1, 0.15) is 29.9 Å². The van der Waals surface area contributed by atoms with E-state index >= 15 is 0 Å². The molecule has 0 bridgehead atoms. The standard InChI is InChI=1S/C18H20FN5O2/c1-10-13(12-3-2-4-14(19)17(12)20-10)9-16(25)21-11-5-6-15-22-23-18(26)24(15)8-7-11/h2-4,11,20H,5-9H2,1H3,(H,21,25)(H,23,26). The fourth-order valence-electron chi connectivity index (χ4n) is 3.68. The van der Waals surface area contributed by atoms with Crippen LogP contribution in [0.2, 0.25) is 0 Å². The number of fused-ring (bicyclic) bond motifs is 2. The van der Waals surface area contributed by atoms with Crippen molar-refractivity contribution in [1.29, 1.82) is 0 Å². The Morgan fingerprint density at radius 2 is 2.27 bits per heavy atom. The molecule has 0 saturated heterocycles. The molecule has 1 aliphatic heterocycles. The molecule has 3 N–H and O–H groups in total. The van der Waals surface area contributed by atoms with Gasteiger partial charge in [0.05, 0.1) is 11.9 Å². The van der Waals surface area contributed by atoms with Crippen molar-refractivity contribution in [2.75, 3.05) is 0 Å². The molecule has 2 aromatic heterocycles. The maximum atomic E-state index is 13.9. The average molecular weight is 357 g/mol. The smallest absolute Gasteiger partial charge is 0.343 e. The Bertz CT molecular complexity index is 1030. The highest BCUT2D eigenvalue weighted by Crippen LogP contribution is 2.24. The fourth-order valence-corrected chi connectivity index (χ4v) is 3.68. The van der Waals surface area contributed by atoms with Gasteiger partial charge >= 0.3 is 5.69 Å². The molecule has 1 aromatic carbocycles. The minimum Gasteiger partial charge on any atom is -0.356 e. The monoisotopic (exact) mass is 357 g/mol. The number of nitrogens with zero attached hydrogens (tertiary/aromatic N) is 2. The summed E-state index contributed by atoms with van der Waals surface area (Å²) in [4.78, 5) is 27.2. The molecule has 7 nitrogen and oxygen atoms in total. The first-order valence-corrected chi connectivity index (χ1v) is 8.72. The Labute approximate surface area is 148 Å². The van der Waals surface area contributed by atoms with Gasteiger partial charge in [0.25, 0.3) is 0 Å². The number of benzene rings is 1. The molecule has 0 spiro atoms. The maximum Gasteiger partial charge on any atom is 0.343 e. The highest BCUT2D eigenvalue weighted by atomic mass is 19.1. The van der Waals surface area contributed by atoms with Gasteiger partial charge in [-0.3, -0.25) is 9.36 Å². The molecule has 0 radical (unpaired) electrons. The van der Waals surface area contributed by atoms with Gasteiger partial charge in [0.2, 0.25) is 5.91 Å². The van der Waals surface area contributed by atoms with E-state index in [1.54, 1.807) is 10.6 Å². The Hall–Kier alpha value is -2.90. The average Bonchev–Trinajstić information content (AvgIpc) is 3.03. The molecular formula is C18H20FN5O2. The number of rotatable bonds is 3. The van der Waals surface area contributed by atoms with Gasteiger partial charge < -0.3 is 10.3 Å². The van der Waals surface area contributed by atoms with E-state index in [0.717, 1.165) is 28.9 Å². The lowest BCUT2D eigenvalue weighted by molar-refractivity contribution is -0.121.